The quantitative estimate of drug-likeness (QED) is 0.0358. The first-order valence-corrected chi connectivity index (χ1v) is 25.8. The van der Waals surface area contributed by atoms with E-state index in [1.807, 2.05) is 24.3 Å². The zero-order valence-electron chi connectivity index (χ0n) is 39.4. The molecule has 14 nitrogen and oxygen atoms in total. The summed E-state index contributed by atoms with van der Waals surface area (Å²) in [4.78, 5) is 81.9. The Labute approximate surface area is 412 Å². The number of anilines is 2. The molecular weight excluding hydrogens is 919 g/mol. The molecule has 0 aliphatic carbocycles. The van der Waals surface area contributed by atoms with Crippen molar-refractivity contribution in [1.29, 1.82) is 0 Å². The van der Waals surface area contributed by atoms with Gasteiger partial charge in [-0.05, 0) is 99.0 Å². The molecular formula is C52H62ClFN8O6S. The largest absolute Gasteiger partial charge is 0.496 e. The lowest BCUT2D eigenvalue weighted by Gasteiger charge is -2.42. The lowest BCUT2D eigenvalue weighted by Crippen LogP contribution is -2.54. The van der Waals surface area contributed by atoms with Crippen LogP contribution in [0.5, 0.6) is 5.75 Å². The van der Waals surface area contributed by atoms with Crippen LogP contribution in [0.2, 0.25) is 5.02 Å². The molecule has 1 atom stereocenters. The van der Waals surface area contributed by atoms with Gasteiger partial charge in [-0.1, -0.05) is 55.8 Å². The first-order valence-electron chi connectivity index (χ1n) is 24.4. The Hall–Kier alpha value is -5.42. The van der Waals surface area contributed by atoms with E-state index in [-0.39, 0.29) is 47.3 Å². The Bertz CT molecular complexity index is 2550. The number of halogens is 2. The third-order valence-electron chi connectivity index (χ3n) is 13.8. The van der Waals surface area contributed by atoms with Gasteiger partial charge in [0.15, 0.2) is 5.78 Å². The van der Waals surface area contributed by atoms with Crippen molar-refractivity contribution in [1.82, 2.24) is 34.9 Å². The number of ether oxygens (including phenoxy) is 1. The number of imide groups is 1. The summed E-state index contributed by atoms with van der Waals surface area (Å²) in [6.45, 7) is 6.44. The minimum atomic E-state index is -0.598. The molecule has 4 aliphatic rings. The van der Waals surface area contributed by atoms with Crippen LogP contribution in [0.15, 0.2) is 71.9 Å². The summed E-state index contributed by atoms with van der Waals surface area (Å²) in [6, 6.07) is 13.7. The zero-order valence-corrected chi connectivity index (χ0v) is 40.9. The van der Waals surface area contributed by atoms with Gasteiger partial charge in [-0.2, -0.15) is 0 Å². The number of thioether (sulfide) groups is 1. The van der Waals surface area contributed by atoms with Gasteiger partial charge in [0.2, 0.25) is 17.7 Å². The molecule has 8 rings (SSSR count). The van der Waals surface area contributed by atoms with Crippen molar-refractivity contribution in [3.63, 3.8) is 0 Å². The number of fused-ring (bicyclic) bond motifs is 2. The maximum Gasteiger partial charge on any atom is 0.255 e. The molecule has 366 valence electrons. The third-order valence-corrected chi connectivity index (χ3v) is 15.3. The van der Waals surface area contributed by atoms with E-state index >= 15 is 0 Å². The summed E-state index contributed by atoms with van der Waals surface area (Å²) >= 11 is 7.76. The number of rotatable bonds is 21. The van der Waals surface area contributed by atoms with Crippen LogP contribution < -0.4 is 15.4 Å². The highest BCUT2D eigenvalue weighted by molar-refractivity contribution is 7.99. The molecule has 2 N–H and O–H groups in total. The summed E-state index contributed by atoms with van der Waals surface area (Å²) in [5, 5.41) is 6.25. The van der Waals surface area contributed by atoms with Crippen LogP contribution in [-0.2, 0) is 32.1 Å². The standard InChI is InChI=1S/C52H62ClFN8O6S/c1-68-46-32-44-40(50(56-34-55-44)57-36-15-16-43(54)42(53)31-36)30-35(46)29-38(63)11-10-21-59-22-19-37(20-23-59)60-24-26-61(27-25-60)49(65)14-7-5-3-2-4-6-8-28-69-47-13-9-12-39-41(47)33-62(52(39)67)45-17-18-48(64)58-51(45)66/h9-13,15-16,30-32,34,37,45H,2-8,14,17-29,33H2,1H3,(H,55,56,57)(H,58,64,66)/b11-10+. The minimum Gasteiger partial charge on any atom is -0.496 e. The van der Waals surface area contributed by atoms with E-state index in [0.29, 0.717) is 71.3 Å². The SMILES string of the molecule is COc1cc2ncnc(Nc3ccc(F)c(Cl)c3)c2cc1CC(=O)/C=C/CN1CCC(N2CCN(C(=O)CCCCCCCCCSc3cccc4c3CN(C3CCC(=O)NC3=O)C4=O)CC2)CC1. The molecule has 69 heavy (non-hydrogen) atoms. The summed E-state index contributed by atoms with van der Waals surface area (Å²) in [5.74, 6) is 0.965. The second kappa shape index (κ2) is 23.9. The fourth-order valence-electron chi connectivity index (χ4n) is 9.95. The monoisotopic (exact) mass is 980 g/mol. The van der Waals surface area contributed by atoms with E-state index in [0.717, 1.165) is 107 Å². The number of hydrogen-bond donors (Lipinski definition) is 2. The van der Waals surface area contributed by atoms with E-state index in [2.05, 4.69) is 41.4 Å². The Morgan fingerprint density at radius 1 is 0.928 bits per heavy atom. The number of nitrogens with zero attached hydrogens (tertiary/aromatic N) is 6. The molecule has 5 heterocycles. The average molecular weight is 982 g/mol. The molecule has 3 saturated heterocycles. The molecule has 4 aromatic rings. The first-order chi connectivity index (χ1) is 33.5. The maximum atomic E-state index is 13.7. The van der Waals surface area contributed by atoms with Crippen molar-refractivity contribution >= 4 is 75.2 Å². The summed E-state index contributed by atoms with van der Waals surface area (Å²) in [6.07, 6.45) is 16.2. The lowest BCUT2D eigenvalue weighted by molar-refractivity contribution is -0.137. The number of piperazine rings is 1. The number of benzene rings is 3. The van der Waals surface area contributed by atoms with E-state index in [9.17, 15) is 28.4 Å². The fourth-order valence-corrected chi connectivity index (χ4v) is 11.2. The van der Waals surface area contributed by atoms with Crippen molar-refractivity contribution < 1.29 is 33.1 Å². The van der Waals surface area contributed by atoms with E-state index in [1.165, 1.54) is 24.9 Å². The molecule has 3 aromatic carbocycles. The van der Waals surface area contributed by atoms with Crippen molar-refractivity contribution in [2.75, 3.05) is 64.0 Å². The minimum absolute atomic E-state index is 0.00282. The van der Waals surface area contributed by atoms with Crippen LogP contribution in [0.1, 0.15) is 98.5 Å². The Balaban J connectivity index is 0.667. The number of likely N-dealkylation sites (tertiary alicyclic amines) is 1. The van der Waals surface area contributed by atoms with Crippen LogP contribution >= 0.6 is 23.4 Å². The normalized spacial score (nSPS) is 18.3. The number of methoxy groups -OCH3 is 1. The molecule has 17 heteroatoms. The van der Waals surface area contributed by atoms with Gasteiger partial charge >= 0.3 is 0 Å². The van der Waals surface area contributed by atoms with Crippen molar-refractivity contribution in [3.05, 3.63) is 94.5 Å². The van der Waals surface area contributed by atoms with Crippen molar-refractivity contribution in [3.8, 4) is 5.75 Å². The number of allylic oxidation sites excluding steroid dienone is 1. The van der Waals surface area contributed by atoms with Crippen molar-refractivity contribution in [2.24, 2.45) is 0 Å². The van der Waals surface area contributed by atoms with E-state index < -0.39 is 11.9 Å². The van der Waals surface area contributed by atoms with Crippen LogP contribution in [0.25, 0.3) is 10.9 Å². The van der Waals surface area contributed by atoms with Gasteiger partial charge in [0, 0.05) is 97.7 Å². The van der Waals surface area contributed by atoms with E-state index in [1.54, 1.807) is 42.0 Å². The second-order valence-corrected chi connectivity index (χ2v) is 20.0. The van der Waals surface area contributed by atoms with Crippen LogP contribution in [0.4, 0.5) is 15.9 Å². The number of unbranched alkanes of at least 4 members (excludes halogenated alkanes) is 6. The van der Waals surface area contributed by atoms with Gasteiger partial charge < -0.3 is 19.9 Å². The predicted molar refractivity (Wildman–Crippen MR) is 266 cm³/mol. The Morgan fingerprint density at radius 2 is 1.70 bits per heavy atom. The molecule has 0 bridgehead atoms. The average Bonchev–Trinajstić information content (AvgIpc) is 3.69. The van der Waals surface area contributed by atoms with Gasteiger partial charge in [0.05, 0.1) is 17.6 Å². The fraction of sp³-hybridized carbons (Fsp3) is 0.481. The van der Waals surface area contributed by atoms with Crippen molar-refractivity contribution in [2.45, 2.75) is 107 Å². The molecule has 0 spiro atoms. The molecule has 4 aliphatic heterocycles. The number of aromatic nitrogens is 2. The number of carbonyl (C=O) groups is 5. The summed E-state index contributed by atoms with van der Waals surface area (Å²) in [7, 11) is 1.57. The number of piperidine rings is 2. The van der Waals surface area contributed by atoms with Gasteiger partial charge in [-0.3, -0.25) is 39.1 Å². The predicted octanol–water partition coefficient (Wildman–Crippen LogP) is 8.13. The molecule has 0 saturated carbocycles. The molecule has 1 unspecified atom stereocenters. The van der Waals surface area contributed by atoms with Gasteiger partial charge in [-0.25, -0.2) is 14.4 Å². The van der Waals surface area contributed by atoms with Gasteiger partial charge in [0.1, 0.15) is 29.8 Å². The number of amides is 4. The number of carbonyl (C=O) groups excluding carboxylic acids is 5. The van der Waals surface area contributed by atoms with Crippen LogP contribution in [0.3, 0.4) is 0 Å². The molecule has 0 radical (unpaired) electrons. The summed E-state index contributed by atoms with van der Waals surface area (Å²) < 4.78 is 19.4. The molecule has 4 amide bonds. The Morgan fingerprint density at radius 3 is 2.45 bits per heavy atom. The third kappa shape index (κ3) is 12.9. The van der Waals surface area contributed by atoms with Gasteiger partial charge in [0.25, 0.3) is 5.91 Å². The second-order valence-electron chi connectivity index (χ2n) is 18.4. The topological polar surface area (TPSA) is 157 Å². The highest BCUT2D eigenvalue weighted by Crippen LogP contribution is 2.35. The first kappa shape index (κ1) is 50.0. The molecule has 3 fully saturated rings. The number of nitrogens with one attached hydrogen (secondary N) is 2. The smallest absolute Gasteiger partial charge is 0.255 e. The lowest BCUT2D eigenvalue weighted by atomic mass is 10.0. The number of hydrogen-bond acceptors (Lipinski definition) is 12. The number of ketones is 1. The van der Waals surface area contributed by atoms with Crippen LogP contribution in [0, 0.1) is 5.82 Å². The van der Waals surface area contributed by atoms with Crippen LogP contribution in [-0.4, -0.2) is 130 Å². The highest BCUT2D eigenvalue weighted by atomic mass is 35.5. The summed E-state index contributed by atoms with van der Waals surface area (Å²) in [5.41, 5.74) is 3.57. The maximum absolute atomic E-state index is 13.7. The van der Waals surface area contributed by atoms with Gasteiger partial charge in [-0.15, -0.1) is 11.8 Å². The molecule has 1 aromatic heterocycles. The van der Waals surface area contributed by atoms with E-state index in [4.69, 9.17) is 16.3 Å². The Kier molecular flexibility index (Phi) is 17.3. The zero-order chi connectivity index (χ0) is 48.3. The highest BCUT2D eigenvalue weighted by Gasteiger charge is 2.40.